The number of nitrogens with zero attached hydrogens (tertiary/aromatic N) is 1. The Morgan fingerprint density at radius 2 is 1.68 bits per heavy atom. The van der Waals surface area contributed by atoms with Crippen molar-refractivity contribution in [3.8, 4) is 0 Å². The first-order chi connectivity index (χ1) is 14.8. The molecule has 0 spiro atoms. The van der Waals surface area contributed by atoms with Gasteiger partial charge >= 0.3 is 6.09 Å². The molecule has 1 aromatic rings. The fraction of sp³-hybridized carbons (Fsp3) is 0.778. The van der Waals surface area contributed by atoms with Crippen molar-refractivity contribution >= 4 is 6.09 Å². The smallest absolute Gasteiger partial charge is 0.407 e. The van der Waals surface area contributed by atoms with Crippen molar-refractivity contribution in [2.24, 2.45) is 29.1 Å². The van der Waals surface area contributed by atoms with Gasteiger partial charge in [-0.15, -0.1) is 0 Å². The van der Waals surface area contributed by atoms with Gasteiger partial charge in [0.05, 0.1) is 0 Å². The summed E-state index contributed by atoms with van der Waals surface area (Å²) < 4.78 is 5.42. The third-order valence-electron chi connectivity index (χ3n) is 8.06. The molecule has 1 N–H and O–H groups in total. The fourth-order valence-corrected chi connectivity index (χ4v) is 7.15. The van der Waals surface area contributed by atoms with Gasteiger partial charge in [0.25, 0.3) is 0 Å². The molecule has 0 aromatic carbocycles. The second-order valence-corrected chi connectivity index (χ2v) is 11.9. The first kappa shape index (κ1) is 22.6. The van der Waals surface area contributed by atoms with Crippen molar-refractivity contribution in [3.63, 3.8) is 0 Å². The summed E-state index contributed by atoms with van der Waals surface area (Å²) in [5, 5.41) is 2.99. The van der Waals surface area contributed by atoms with E-state index in [1.807, 2.05) is 33.2 Å². The Bertz CT molecular complexity index is 689. The number of rotatable bonds is 9. The van der Waals surface area contributed by atoms with Gasteiger partial charge in [0.2, 0.25) is 0 Å². The zero-order valence-electron chi connectivity index (χ0n) is 19.9. The van der Waals surface area contributed by atoms with Crippen LogP contribution in [-0.2, 0) is 11.2 Å². The Kier molecular flexibility index (Phi) is 6.93. The van der Waals surface area contributed by atoms with Crippen LogP contribution in [0.5, 0.6) is 0 Å². The molecule has 4 fully saturated rings. The molecule has 4 bridgehead atoms. The number of alkyl carbamates (subject to hydrolysis) is 1. The molecule has 4 nitrogen and oxygen atoms in total. The minimum Gasteiger partial charge on any atom is -0.444 e. The lowest BCUT2D eigenvalue weighted by Crippen LogP contribution is -2.46. The number of hydrogen-bond donors (Lipinski definition) is 1. The number of amides is 1. The number of aromatic nitrogens is 1. The molecular weight excluding hydrogens is 384 g/mol. The minimum absolute atomic E-state index is 0.290. The predicted molar refractivity (Wildman–Crippen MR) is 125 cm³/mol. The maximum Gasteiger partial charge on any atom is 0.407 e. The number of ether oxygens (including phenoxy) is 1. The highest BCUT2D eigenvalue weighted by Gasteiger charge is 2.50. The zero-order chi connectivity index (χ0) is 21.9. The van der Waals surface area contributed by atoms with Crippen LogP contribution in [0, 0.1) is 29.1 Å². The Balaban J connectivity index is 1.30. The Morgan fingerprint density at radius 1 is 1.06 bits per heavy atom. The lowest BCUT2D eigenvalue weighted by molar-refractivity contribution is -0.0602. The molecular formula is C27H42N2O2. The van der Waals surface area contributed by atoms with Crippen LogP contribution in [0.4, 0.5) is 4.79 Å². The molecule has 4 aliphatic carbocycles. The summed E-state index contributed by atoms with van der Waals surface area (Å²) in [6.45, 7) is 6.44. The number of carbonyl (C=O) groups excluding carboxylic acids is 1. The van der Waals surface area contributed by atoms with E-state index in [1.165, 1.54) is 63.4 Å². The summed E-state index contributed by atoms with van der Waals surface area (Å²) in [4.78, 5) is 16.2. The van der Waals surface area contributed by atoms with Gasteiger partial charge in [0.1, 0.15) is 5.60 Å². The molecule has 4 saturated carbocycles. The van der Waals surface area contributed by atoms with Crippen LogP contribution >= 0.6 is 0 Å². The average Bonchev–Trinajstić information content (AvgIpc) is 2.68. The van der Waals surface area contributed by atoms with Crippen molar-refractivity contribution in [2.45, 2.75) is 97.0 Å². The van der Waals surface area contributed by atoms with E-state index in [2.05, 4.69) is 22.4 Å². The SMILES string of the molecule is CC(C)(C)OC(=O)NCCC(CCc1ccncc1)CCC12CC3CC(CC(C3)C1)C2. The van der Waals surface area contributed by atoms with Crippen molar-refractivity contribution in [3.05, 3.63) is 30.1 Å². The van der Waals surface area contributed by atoms with Crippen LogP contribution in [0.15, 0.2) is 24.5 Å². The van der Waals surface area contributed by atoms with Gasteiger partial charge in [-0.25, -0.2) is 4.79 Å². The number of carbonyl (C=O) groups is 1. The summed E-state index contributed by atoms with van der Waals surface area (Å²) in [5.41, 5.74) is 1.57. The van der Waals surface area contributed by atoms with Crippen LogP contribution < -0.4 is 5.32 Å². The van der Waals surface area contributed by atoms with E-state index >= 15 is 0 Å². The molecule has 1 aromatic heterocycles. The quantitative estimate of drug-likeness (QED) is 0.487. The topological polar surface area (TPSA) is 51.2 Å². The van der Waals surface area contributed by atoms with Gasteiger partial charge in [0, 0.05) is 18.9 Å². The molecule has 31 heavy (non-hydrogen) atoms. The third-order valence-corrected chi connectivity index (χ3v) is 8.06. The van der Waals surface area contributed by atoms with Crippen molar-refractivity contribution < 1.29 is 9.53 Å². The summed E-state index contributed by atoms with van der Waals surface area (Å²) in [6, 6.07) is 4.27. The zero-order valence-corrected chi connectivity index (χ0v) is 19.9. The molecule has 0 radical (unpaired) electrons. The van der Waals surface area contributed by atoms with E-state index in [-0.39, 0.29) is 6.09 Å². The highest BCUT2D eigenvalue weighted by atomic mass is 16.6. The largest absolute Gasteiger partial charge is 0.444 e. The Hall–Kier alpha value is -1.58. The second kappa shape index (κ2) is 9.50. The standard InChI is InChI=1S/C27H42N2O2/c1-26(2,3)31-25(30)29-13-9-20(4-5-21-7-11-28-12-8-21)6-10-27-17-22-14-23(18-27)16-24(15-22)19-27/h7-8,11-12,20,22-24H,4-6,9-10,13-19H2,1-3H3,(H,29,30). The van der Waals surface area contributed by atoms with Gasteiger partial charge < -0.3 is 10.1 Å². The van der Waals surface area contributed by atoms with Gasteiger partial charge in [-0.3, -0.25) is 4.98 Å². The highest BCUT2D eigenvalue weighted by Crippen LogP contribution is 2.61. The third kappa shape index (κ3) is 6.46. The average molecular weight is 427 g/mol. The molecule has 1 amide bonds. The number of pyridine rings is 1. The maximum atomic E-state index is 12.1. The minimum atomic E-state index is -0.441. The lowest BCUT2D eigenvalue weighted by atomic mass is 9.48. The summed E-state index contributed by atoms with van der Waals surface area (Å²) in [6.07, 6.45) is 18.5. The van der Waals surface area contributed by atoms with E-state index < -0.39 is 5.60 Å². The van der Waals surface area contributed by atoms with E-state index in [9.17, 15) is 4.79 Å². The number of hydrogen-bond acceptors (Lipinski definition) is 3. The van der Waals surface area contributed by atoms with E-state index in [0.29, 0.717) is 17.9 Å². The monoisotopic (exact) mass is 426 g/mol. The van der Waals surface area contributed by atoms with Crippen LogP contribution in [-0.4, -0.2) is 23.2 Å². The molecule has 0 saturated heterocycles. The number of aryl methyl sites for hydroxylation is 1. The molecule has 1 unspecified atom stereocenters. The molecule has 1 atom stereocenters. The van der Waals surface area contributed by atoms with Crippen molar-refractivity contribution in [1.82, 2.24) is 10.3 Å². The fourth-order valence-electron chi connectivity index (χ4n) is 7.15. The second-order valence-electron chi connectivity index (χ2n) is 11.9. The van der Waals surface area contributed by atoms with Crippen LogP contribution in [0.3, 0.4) is 0 Å². The summed E-state index contributed by atoms with van der Waals surface area (Å²) >= 11 is 0. The maximum absolute atomic E-state index is 12.1. The van der Waals surface area contributed by atoms with E-state index in [4.69, 9.17) is 4.74 Å². The Labute approximate surface area is 188 Å². The number of nitrogens with one attached hydrogen (secondary N) is 1. The van der Waals surface area contributed by atoms with Crippen LogP contribution in [0.1, 0.15) is 90.5 Å². The van der Waals surface area contributed by atoms with E-state index in [1.54, 1.807) is 0 Å². The van der Waals surface area contributed by atoms with E-state index in [0.717, 1.165) is 30.6 Å². The van der Waals surface area contributed by atoms with Gasteiger partial charge in [-0.05, 0) is 138 Å². The van der Waals surface area contributed by atoms with Crippen molar-refractivity contribution in [1.29, 1.82) is 0 Å². The molecule has 4 heteroatoms. The molecule has 1 heterocycles. The summed E-state index contributed by atoms with van der Waals surface area (Å²) in [5.74, 6) is 3.72. The van der Waals surface area contributed by atoms with Gasteiger partial charge in [0.15, 0.2) is 0 Å². The van der Waals surface area contributed by atoms with Crippen LogP contribution in [0.25, 0.3) is 0 Å². The first-order valence-corrected chi connectivity index (χ1v) is 12.6. The normalized spacial score (nSPS) is 30.2. The molecule has 0 aliphatic heterocycles. The predicted octanol–water partition coefficient (Wildman–Crippen LogP) is 6.54. The highest BCUT2D eigenvalue weighted by molar-refractivity contribution is 5.67. The van der Waals surface area contributed by atoms with Crippen LogP contribution in [0.2, 0.25) is 0 Å². The first-order valence-electron chi connectivity index (χ1n) is 12.6. The lowest BCUT2D eigenvalue weighted by Gasteiger charge is -2.57. The van der Waals surface area contributed by atoms with Gasteiger partial charge in [-0.1, -0.05) is 0 Å². The Morgan fingerprint density at radius 3 is 2.26 bits per heavy atom. The summed E-state index contributed by atoms with van der Waals surface area (Å²) in [7, 11) is 0. The molecule has 4 aliphatic rings. The molecule has 172 valence electrons. The molecule has 5 rings (SSSR count). The van der Waals surface area contributed by atoms with Gasteiger partial charge in [-0.2, -0.15) is 0 Å². The van der Waals surface area contributed by atoms with Crippen molar-refractivity contribution in [2.75, 3.05) is 6.54 Å².